The van der Waals surface area contributed by atoms with E-state index in [1.165, 1.54) is 6.07 Å². The molecule has 1 atom stereocenters. The highest BCUT2D eigenvalue weighted by Crippen LogP contribution is 2.26. The Morgan fingerprint density at radius 1 is 1.42 bits per heavy atom. The third-order valence-electron chi connectivity index (χ3n) is 2.70. The molecule has 106 valence electrons. The summed E-state index contributed by atoms with van der Waals surface area (Å²) < 4.78 is 13.4. The van der Waals surface area contributed by atoms with Crippen LogP contribution in [0.3, 0.4) is 0 Å². The molecule has 1 unspecified atom stereocenters. The Bertz CT molecular complexity index is 454. The van der Waals surface area contributed by atoms with E-state index in [1.807, 2.05) is 0 Å². The van der Waals surface area contributed by atoms with E-state index in [0.29, 0.717) is 22.5 Å². The van der Waals surface area contributed by atoms with Gasteiger partial charge in [0.05, 0.1) is 4.47 Å². The van der Waals surface area contributed by atoms with Gasteiger partial charge >= 0.3 is 0 Å². The van der Waals surface area contributed by atoms with Gasteiger partial charge in [0.2, 0.25) is 5.91 Å². The van der Waals surface area contributed by atoms with Crippen LogP contribution >= 0.6 is 15.9 Å². The van der Waals surface area contributed by atoms with Gasteiger partial charge in [-0.3, -0.25) is 4.79 Å². The summed E-state index contributed by atoms with van der Waals surface area (Å²) in [7, 11) is 0. The first kappa shape index (κ1) is 16.2. The van der Waals surface area contributed by atoms with Crippen LogP contribution in [0.2, 0.25) is 0 Å². The quantitative estimate of drug-likeness (QED) is 0.828. The summed E-state index contributed by atoms with van der Waals surface area (Å²) in [4.78, 5) is 11.9. The van der Waals surface area contributed by atoms with Crippen LogP contribution in [0.1, 0.15) is 40.5 Å². The zero-order chi connectivity index (χ0) is 14.6. The summed E-state index contributed by atoms with van der Waals surface area (Å²) in [5, 5.41) is 2.79. The number of carbonyl (C=O) groups is 1. The number of carbonyl (C=O) groups excluding carboxylic acids is 1. The van der Waals surface area contributed by atoms with Crippen LogP contribution < -0.4 is 5.32 Å². The number of benzene rings is 1. The van der Waals surface area contributed by atoms with Crippen LogP contribution in [0.25, 0.3) is 0 Å². The predicted molar refractivity (Wildman–Crippen MR) is 80.6 cm³/mol. The molecule has 1 amide bonds. The Kier molecular flexibility index (Phi) is 5.53. The maximum Gasteiger partial charge on any atom is 0.224 e. The Hall–Kier alpha value is -0.900. The lowest BCUT2D eigenvalue weighted by Crippen LogP contribution is -2.18. The number of anilines is 1. The highest BCUT2D eigenvalue weighted by Gasteiger charge is 2.17. The van der Waals surface area contributed by atoms with Crippen molar-refractivity contribution < 1.29 is 9.18 Å². The maximum absolute atomic E-state index is 13.1. The average Bonchev–Trinajstić information content (AvgIpc) is 2.20. The Morgan fingerprint density at radius 2 is 2.05 bits per heavy atom. The van der Waals surface area contributed by atoms with E-state index in [2.05, 4.69) is 48.9 Å². The third-order valence-corrected chi connectivity index (χ3v) is 3.31. The van der Waals surface area contributed by atoms with Crippen LogP contribution in [0, 0.1) is 17.2 Å². The molecular weight excluding hydrogens is 309 g/mol. The molecule has 0 bridgehead atoms. The summed E-state index contributed by atoms with van der Waals surface area (Å²) in [5.41, 5.74) is 0.833. The SMILES string of the molecule is CC(CC(=O)Nc1ccc(F)c(Br)c1)CC(C)(C)C. The van der Waals surface area contributed by atoms with Gasteiger partial charge in [-0.15, -0.1) is 0 Å². The molecule has 0 aliphatic rings. The second-order valence-corrected chi connectivity index (χ2v) is 7.11. The number of rotatable bonds is 4. The monoisotopic (exact) mass is 329 g/mol. The Balaban J connectivity index is 2.53. The van der Waals surface area contributed by atoms with Gasteiger partial charge in [0, 0.05) is 12.1 Å². The molecule has 1 aromatic carbocycles. The lowest BCUT2D eigenvalue weighted by atomic mass is 9.84. The molecule has 19 heavy (non-hydrogen) atoms. The first-order chi connectivity index (χ1) is 8.67. The average molecular weight is 330 g/mol. The molecule has 0 saturated heterocycles. The second-order valence-electron chi connectivity index (χ2n) is 6.25. The molecular formula is C15H21BrFNO. The number of nitrogens with one attached hydrogen (secondary N) is 1. The van der Waals surface area contributed by atoms with Gasteiger partial charge in [-0.2, -0.15) is 0 Å². The number of hydrogen-bond donors (Lipinski definition) is 1. The summed E-state index contributed by atoms with van der Waals surface area (Å²) in [6.45, 7) is 8.57. The summed E-state index contributed by atoms with van der Waals surface area (Å²) in [6.07, 6.45) is 1.47. The van der Waals surface area contributed by atoms with Crippen molar-refractivity contribution in [3.05, 3.63) is 28.5 Å². The van der Waals surface area contributed by atoms with Gasteiger partial charge in [0.25, 0.3) is 0 Å². The molecule has 1 rings (SSSR count). The van der Waals surface area contributed by atoms with E-state index in [0.717, 1.165) is 6.42 Å². The summed E-state index contributed by atoms with van der Waals surface area (Å²) >= 11 is 3.10. The van der Waals surface area contributed by atoms with Gasteiger partial charge in [0.1, 0.15) is 5.82 Å². The minimum absolute atomic E-state index is 0.0322. The van der Waals surface area contributed by atoms with Gasteiger partial charge < -0.3 is 5.32 Å². The highest BCUT2D eigenvalue weighted by atomic mass is 79.9. The molecule has 4 heteroatoms. The van der Waals surface area contributed by atoms with Crippen molar-refractivity contribution in [3.8, 4) is 0 Å². The van der Waals surface area contributed by atoms with Crippen molar-refractivity contribution in [2.45, 2.75) is 40.5 Å². The molecule has 0 heterocycles. The molecule has 0 aliphatic heterocycles. The second kappa shape index (κ2) is 6.51. The molecule has 0 fully saturated rings. The summed E-state index contributed by atoms with van der Waals surface area (Å²) in [6, 6.07) is 4.46. The fourth-order valence-corrected chi connectivity index (χ4v) is 2.60. The zero-order valence-corrected chi connectivity index (χ0v) is 13.5. The minimum Gasteiger partial charge on any atom is -0.326 e. The van der Waals surface area contributed by atoms with Gasteiger partial charge in [0.15, 0.2) is 0 Å². The fraction of sp³-hybridized carbons (Fsp3) is 0.533. The fourth-order valence-electron chi connectivity index (χ4n) is 2.22. The molecule has 0 aliphatic carbocycles. The van der Waals surface area contributed by atoms with Crippen LogP contribution in [-0.4, -0.2) is 5.91 Å². The Labute approximate surface area is 122 Å². The van der Waals surface area contributed by atoms with E-state index in [4.69, 9.17) is 0 Å². The first-order valence-electron chi connectivity index (χ1n) is 6.42. The summed E-state index contributed by atoms with van der Waals surface area (Å²) in [5.74, 6) is -0.0433. The molecule has 0 radical (unpaired) electrons. The van der Waals surface area contributed by atoms with Crippen molar-refractivity contribution in [1.82, 2.24) is 0 Å². The molecule has 2 nitrogen and oxygen atoms in total. The Morgan fingerprint density at radius 3 is 2.58 bits per heavy atom. The highest BCUT2D eigenvalue weighted by molar-refractivity contribution is 9.10. The van der Waals surface area contributed by atoms with Crippen LogP contribution in [-0.2, 0) is 4.79 Å². The zero-order valence-electron chi connectivity index (χ0n) is 11.9. The first-order valence-corrected chi connectivity index (χ1v) is 7.21. The number of halogens is 2. The van der Waals surface area contributed by atoms with Crippen molar-refractivity contribution in [2.24, 2.45) is 11.3 Å². The minimum atomic E-state index is -0.334. The smallest absolute Gasteiger partial charge is 0.224 e. The molecule has 1 N–H and O–H groups in total. The van der Waals surface area contributed by atoms with E-state index >= 15 is 0 Å². The van der Waals surface area contributed by atoms with Crippen LogP contribution in [0.15, 0.2) is 22.7 Å². The molecule has 0 saturated carbocycles. The van der Waals surface area contributed by atoms with Crippen molar-refractivity contribution in [2.75, 3.05) is 5.32 Å². The standard InChI is InChI=1S/C15H21BrFNO/c1-10(9-15(2,3)4)7-14(19)18-11-5-6-13(17)12(16)8-11/h5-6,8,10H,7,9H2,1-4H3,(H,18,19). The van der Waals surface area contributed by atoms with Crippen LogP contribution in [0.4, 0.5) is 10.1 Å². The lowest BCUT2D eigenvalue weighted by Gasteiger charge is -2.22. The lowest BCUT2D eigenvalue weighted by molar-refractivity contribution is -0.117. The van der Waals surface area contributed by atoms with E-state index < -0.39 is 0 Å². The van der Waals surface area contributed by atoms with E-state index in [1.54, 1.807) is 12.1 Å². The van der Waals surface area contributed by atoms with Crippen LogP contribution in [0.5, 0.6) is 0 Å². The van der Waals surface area contributed by atoms with Gasteiger partial charge in [-0.1, -0.05) is 27.7 Å². The predicted octanol–water partition coefficient (Wildman–Crippen LogP) is 4.99. The van der Waals surface area contributed by atoms with Crippen molar-refractivity contribution >= 4 is 27.5 Å². The normalized spacial score (nSPS) is 13.2. The largest absolute Gasteiger partial charge is 0.326 e. The van der Waals surface area contributed by atoms with E-state index in [9.17, 15) is 9.18 Å². The number of amides is 1. The number of hydrogen-bond acceptors (Lipinski definition) is 1. The molecule has 1 aromatic rings. The van der Waals surface area contributed by atoms with Crippen molar-refractivity contribution in [3.63, 3.8) is 0 Å². The molecule has 0 spiro atoms. The molecule has 0 aromatic heterocycles. The maximum atomic E-state index is 13.1. The third kappa shape index (κ3) is 6.19. The van der Waals surface area contributed by atoms with Crippen molar-refractivity contribution in [1.29, 1.82) is 0 Å². The van der Waals surface area contributed by atoms with E-state index in [-0.39, 0.29) is 17.1 Å². The van der Waals surface area contributed by atoms with Gasteiger partial charge in [-0.25, -0.2) is 4.39 Å². The topological polar surface area (TPSA) is 29.1 Å². The van der Waals surface area contributed by atoms with Gasteiger partial charge in [-0.05, 0) is 51.9 Å².